The van der Waals surface area contributed by atoms with Crippen LogP contribution in [0.1, 0.15) is 44.1 Å². The van der Waals surface area contributed by atoms with Gasteiger partial charge >= 0.3 is 0 Å². The quantitative estimate of drug-likeness (QED) is 0.824. The van der Waals surface area contributed by atoms with E-state index in [0.29, 0.717) is 10.0 Å². The van der Waals surface area contributed by atoms with Crippen molar-refractivity contribution in [2.75, 3.05) is 0 Å². The van der Waals surface area contributed by atoms with Crippen molar-refractivity contribution in [2.45, 2.75) is 51.0 Å². The van der Waals surface area contributed by atoms with E-state index in [9.17, 15) is 0 Å². The monoisotopic (exact) mass is 285 g/mol. The first-order valence-corrected chi connectivity index (χ1v) is 7.61. The summed E-state index contributed by atoms with van der Waals surface area (Å²) in [6.45, 7) is 0. The molecule has 0 heterocycles. The Morgan fingerprint density at radius 2 is 1.94 bits per heavy atom. The van der Waals surface area contributed by atoms with Crippen molar-refractivity contribution in [3.8, 4) is 0 Å². The number of benzene rings is 1. The molecule has 2 rings (SSSR count). The van der Waals surface area contributed by atoms with Crippen LogP contribution >= 0.6 is 23.2 Å². The minimum Gasteiger partial charge on any atom is -0.327 e. The van der Waals surface area contributed by atoms with Gasteiger partial charge in [0, 0.05) is 6.04 Å². The second-order valence-corrected chi connectivity index (χ2v) is 6.19. The second kappa shape index (κ2) is 6.79. The third-order valence-corrected chi connectivity index (χ3v) is 4.79. The highest BCUT2D eigenvalue weighted by Crippen LogP contribution is 2.30. The maximum Gasteiger partial charge on any atom is 0.0624 e. The van der Waals surface area contributed by atoms with Crippen LogP contribution in [-0.2, 0) is 6.42 Å². The first kappa shape index (κ1) is 14.2. The molecule has 1 fully saturated rings. The molecule has 18 heavy (non-hydrogen) atoms. The summed E-state index contributed by atoms with van der Waals surface area (Å²) in [4.78, 5) is 0. The van der Waals surface area contributed by atoms with Gasteiger partial charge in [0.2, 0.25) is 0 Å². The van der Waals surface area contributed by atoms with Crippen LogP contribution in [0.4, 0.5) is 0 Å². The van der Waals surface area contributed by atoms with E-state index < -0.39 is 0 Å². The highest BCUT2D eigenvalue weighted by Gasteiger charge is 2.16. The zero-order valence-electron chi connectivity index (χ0n) is 10.7. The lowest BCUT2D eigenvalue weighted by Crippen LogP contribution is -2.23. The third kappa shape index (κ3) is 3.88. The van der Waals surface area contributed by atoms with Gasteiger partial charge < -0.3 is 5.73 Å². The molecule has 0 spiro atoms. The molecule has 2 N–H and O–H groups in total. The number of hydrogen-bond acceptors (Lipinski definition) is 1. The molecular formula is C15H21Cl2N. The molecule has 0 aromatic heterocycles. The van der Waals surface area contributed by atoms with Crippen LogP contribution in [0.3, 0.4) is 0 Å². The maximum atomic E-state index is 6.20. The summed E-state index contributed by atoms with van der Waals surface area (Å²) in [5.41, 5.74) is 7.27. The van der Waals surface area contributed by atoms with Crippen molar-refractivity contribution >= 4 is 23.2 Å². The lowest BCUT2D eigenvalue weighted by atomic mass is 9.95. The average Bonchev–Trinajstić information content (AvgIpc) is 2.86. The predicted molar refractivity (Wildman–Crippen MR) is 79.3 cm³/mol. The van der Waals surface area contributed by atoms with Crippen LogP contribution in [0.5, 0.6) is 0 Å². The first-order valence-electron chi connectivity index (χ1n) is 6.85. The number of rotatable bonds is 5. The minimum atomic E-state index is 0.196. The lowest BCUT2D eigenvalue weighted by molar-refractivity contribution is 0.447. The summed E-state index contributed by atoms with van der Waals surface area (Å²) in [5.74, 6) is 0.908. The summed E-state index contributed by atoms with van der Waals surface area (Å²) >= 11 is 12.2. The van der Waals surface area contributed by atoms with Crippen molar-refractivity contribution in [1.82, 2.24) is 0 Å². The van der Waals surface area contributed by atoms with E-state index in [1.807, 2.05) is 18.2 Å². The van der Waals surface area contributed by atoms with E-state index in [0.717, 1.165) is 24.3 Å². The van der Waals surface area contributed by atoms with Gasteiger partial charge in [0.25, 0.3) is 0 Å². The molecule has 0 radical (unpaired) electrons. The van der Waals surface area contributed by atoms with Crippen molar-refractivity contribution in [3.63, 3.8) is 0 Å². The van der Waals surface area contributed by atoms with Gasteiger partial charge in [-0.05, 0) is 36.8 Å². The highest BCUT2D eigenvalue weighted by atomic mass is 35.5. The molecular weight excluding hydrogens is 265 g/mol. The van der Waals surface area contributed by atoms with Gasteiger partial charge in [-0.3, -0.25) is 0 Å². The van der Waals surface area contributed by atoms with Crippen LogP contribution in [0.25, 0.3) is 0 Å². The lowest BCUT2D eigenvalue weighted by Gasteiger charge is -2.15. The molecule has 1 aromatic carbocycles. The summed E-state index contributed by atoms with van der Waals surface area (Å²) in [5, 5.41) is 1.28. The molecule has 100 valence electrons. The van der Waals surface area contributed by atoms with E-state index in [4.69, 9.17) is 28.9 Å². The van der Waals surface area contributed by atoms with Gasteiger partial charge in [0.1, 0.15) is 0 Å². The maximum absolute atomic E-state index is 6.20. The van der Waals surface area contributed by atoms with Crippen molar-refractivity contribution in [3.05, 3.63) is 33.8 Å². The Bertz CT molecular complexity index is 386. The standard InChI is InChI=1S/C15H21Cl2N/c16-14-7-3-6-12(15(14)17)10-13(18)9-8-11-4-1-2-5-11/h3,6-7,11,13H,1-2,4-5,8-10,18H2. The van der Waals surface area contributed by atoms with E-state index in [2.05, 4.69) is 0 Å². The Morgan fingerprint density at radius 1 is 1.22 bits per heavy atom. The molecule has 1 aliphatic rings. The molecule has 1 unspecified atom stereocenters. The zero-order valence-corrected chi connectivity index (χ0v) is 12.2. The van der Waals surface area contributed by atoms with Crippen LogP contribution in [0.15, 0.2) is 18.2 Å². The number of nitrogens with two attached hydrogens (primary N) is 1. The fourth-order valence-corrected chi connectivity index (χ4v) is 3.24. The fourth-order valence-electron chi connectivity index (χ4n) is 2.84. The molecule has 1 aliphatic carbocycles. The smallest absolute Gasteiger partial charge is 0.0624 e. The molecule has 0 aliphatic heterocycles. The molecule has 1 atom stereocenters. The van der Waals surface area contributed by atoms with E-state index in [1.54, 1.807) is 0 Å². The average molecular weight is 286 g/mol. The van der Waals surface area contributed by atoms with Gasteiger partial charge in [-0.1, -0.05) is 61.0 Å². The Labute approximate surface area is 120 Å². The SMILES string of the molecule is NC(CCC1CCCC1)Cc1cccc(Cl)c1Cl. The molecule has 1 nitrogen and oxygen atoms in total. The van der Waals surface area contributed by atoms with Crippen LogP contribution < -0.4 is 5.73 Å². The topological polar surface area (TPSA) is 26.0 Å². The molecule has 1 saturated carbocycles. The van der Waals surface area contributed by atoms with Crippen molar-refractivity contribution in [2.24, 2.45) is 11.7 Å². The number of halogens is 2. The van der Waals surface area contributed by atoms with Crippen molar-refractivity contribution < 1.29 is 0 Å². The molecule has 0 bridgehead atoms. The zero-order chi connectivity index (χ0) is 13.0. The summed E-state index contributed by atoms with van der Waals surface area (Å²) in [7, 11) is 0. The largest absolute Gasteiger partial charge is 0.327 e. The third-order valence-electron chi connectivity index (χ3n) is 3.93. The minimum absolute atomic E-state index is 0.196. The van der Waals surface area contributed by atoms with Crippen LogP contribution in [0, 0.1) is 5.92 Å². The van der Waals surface area contributed by atoms with E-state index in [-0.39, 0.29) is 6.04 Å². The Kier molecular flexibility index (Phi) is 5.35. The van der Waals surface area contributed by atoms with Crippen molar-refractivity contribution in [1.29, 1.82) is 0 Å². The Hall–Kier alpha value is -0.240. The van der Waals surface area contributed by atoms with Gasteiger partial charge in [-0.15, -0.1) is 0 Å². The summed E-state index contributed by atoms with van der Waals surface area (Å²) in [6, 6.07) is 5.97. The predicted octanol–water partition coefficient (Wildman–Crippen LogP) is 4.83. The van der Waals surface area contributed by atoms with Gasteiger partial charge in [-0.2, -0.15) is 0 Å². The van der Waals surface area contributed by atoms with Gasteiger partial charge in [0.15, 0.2) is 0 Å². The second-order valence-electron chi connectivity index (χ2n) is 5.40. The Balaban J connectivity index is 1.82. The number of hydrogen-bond donors (Lipinski definition) is 1. The summed E-state index contributed by atoms with van der Waals surface area (Å²) in [6.07, 6.45) is 8.77. The van der Waals surface area contributed by atoms with Crippen LogP contribution in [-0.4, -0.2) is 6.04 Å². The molecule has 0 amide bonds. The van der Waals surface area contributed by atoms with Gasteiger partial charge in [-0.25, -0.2) is 0 Å². The summed E-state index contributed by atoms with van der Waals surface area (Å²) < 4.78 is 0. The van der Waals surface area contributed by atoms with E-state index in [1.165, 1.54) is 32.1 Å². The van der Waals surface area contributed by atoms with Crippen LogP contribution in [0.2, 0.25) is 10.0 Å². The van der Waals surface area contributed by atoms with Gasteiger partial charge in [0.05, 0.1) is 10.0 Å². The molecule has 1 aromatic rings. The Morgan fingerprint density at radius 3 is 2.67 bits per heavy atom. The normalized spacial score (nSPS) is 18.2. The first-order chi connectivity index (χ1) is 8.66. The highest BCUT2D eigenvalue weighted by molar-refractivity contribution is 6.42. The molecule has 0 saturated heterocycles. The molecule has 3 heteroatoms. The van der Waals surface area contributed by atoms with E-state index >= 15 is 0 Å². The fraction of sp³-hybridized carbons (Fsp3) is 0.600.